The fourth-order valence-corrected chi connectivity index (χ4v) is 2.05. The Kier molecular flexibility index (Phi) is 11.3. The Bertz CT molecular complexity index is 425. The molecule has 2 amide bonds. The van der Waals surface area contributed by atoms with Gasteiger partial charge < -0.3 is 25.4 Å². The third-order valence-corrected chi connectivity index (χ3v) is 3.61. The van der Waals surface area contributed by atoms with Crippen LogP contribution < -0.4 is 45.3 Å². The predicted molar refractivity (Wildman–Crippen MR) is 70.1 cm³/mol. The molecule has 8 nitrogen and oxygen atoms in total. The van der Waals surface area contributed by atoms with Crippen molar-refractivity contribution in [2.45, 2.75) is 38.8 Å². The van der Waals surface area contributed by atoms with E-state index in [0.717, 1.165) is 0 Å². The van der Waals surface area contributed by atoms with Gasteiger partial charge in [0.1, 0.15) is 6.04 Å². The Morgan fingerprint density at radius 3 is 2.14 bits per heavy atom. The predicted octanol–water partition coefficient (Wildman–Crippen LogP) is -4.57. The summed E-state index contributed by atoms with van der Waals surface area (Å²) in [6.07, 6.45) is 0.286. The zero-order chi connectivity index (χ0) is 15.9. The molecule has 1 unspecified atom stereocenters. The van der Waals surface area contributed by atoms with Crippen LogP contribution in [0.25, 0.3) is 0 Å². The molecule has 0 spiro atoms. The second-order valence-electron chi connectivity index (χ2n) is 4.72. The molecule has 0 radical (unpaired) electrons. The van der Waals surface area contributed by atoms with Gasteiger partial charge >= 0.3 is 29.6 Å². The fraction of sp³-hybridized carbons (Fsp3) is 0.727. The van der Waals surface area contributed by atoms with Gasteiger partial charge in [0, 0.05) is 19.2 Å². The monoisotopic (exact) mass is 330 g/mol. The molecule has 0 aromatic heterocycles. The standard InChI is InChI=1S/C11H21N2O6P.Na/c1-7(10(15)13-8(2)11(16)17)12-9(14)5-4-6-20(3,18)19;/h7-8H,4-6H2,1-3H3,(H,12,14)(H,13,15)(H,16,17)(H,18,19);/q;+1/p-1/t7-,8-;/m0./s1. The molecule has 10 heteroatoms. The molecule has 21 heavy (non-hydrogen) atoms. The Morgan fingerprint density at radius 1 is 1.19 bits per heavy atom. The van der Waals surface area contributed by atoms with E-state index in [1.165, 1.54) is 20.5 Å². The second kappa shape index (κ2) is 10.3. The summed E-state index contributed by atoms with van der Waals surface area (Å²) >= 11 is 0. The van der Waals surface area contributed by atoms with E-state index in [1.54, 1.807) is 0 Å². The van der Waals surface area contributed by atoms with Crippen LogP contribution in [0.5, 0.6) is 0 Å². The molecule has 0 aromatic rings. The Morgan fingerprint density at radius 2 is 1.71 bits per heavy atom. The first-order chi connectivity index (χ1) is 9.03. The van der Waals surface area contributed by atoms with Gasteiger partial charge in [0.05, 0.1) is 12.0 Å². The maximum Gasteiger partial charge on any atom is 1.00 e. The Hall–Kier alpha value is -0.400. The van der Waals surface area contributed by atoms with E-state index in [4.69, 9.17) is 4.89 Å². The van der Waals surface area contributed by atoms with Crippen LogP contribution in [0.2, 0.25) is 0 Å². The minimum atomic E-state index is -3.14. The molecule has 0 aliphatic rings. The van der Waals surface area contributed by atoms with Gasteiger partial charge in [-0.05, 0) is 20.3 Å². The molecule has 0 rings (SSSR count). The second-order valence-corrected chi connectivity index (χ2v) is 7.27. The van der Waals surface area contributed by atoms with E-state index in [9.17, 15) is 24.1 Å². The number of carboxylic acids is 1. The van der Waals surface area contributed by atoms with Crippen molar-refractivity contribution in [3.63, 3.8) is 0 Å². The van der Waals surface area contributed by atoms with Gasteiger partial charge in [0.15, 0.2) is 7.37 Å². The van der Waals surface area contributed by atoms with Gasteiger partial charge in [-0.25, -0.2) is 0 Å². The van der Waals surface area contributed by atoms with Gasteiger partial charge in [-0.3, -0.25) is 14.2 Å². The smallest absolute Gasteiger partial charge is 0.548 e. The number of rotatable bonds is 8. The van der Waals surface area contributed by atoms with E-state index in [2.05, 4.69) is 10.6 Å². The van der Waals surface area contributed by atoms with E-state index in [1.807, 2.05) is 0 Å². The van der Waals surface area contributed by atoms with Gasteiger partial charge in [-0.1, -0.05) is 0 Å². The number of carbonyl (C=O) groups is 3. The molecule has 0 bridgehead atoms. The molecule has 0 saturated heterocycles. The Balaban J connectivity index is 0. The maximum atomic E-state index is 11.5. The summed E-state index contributed by atoms with van der Waals surface area (Å²) in [7, 11) is -3.14. The molecule has 0 aliphatic heterocycles. The molecular weight excluding hydrogens is 310 g/mol. The van der Waals surface area contributed by atoms with Crippen molar-refractivity contribution >= 4 is 25.2 Å². The number of hydrogen-bond acceptors (Lipinski definition) is 5. The average Bonchev–Trinajstić information content (AvgIpc) is 2.26. The molecule has 0 aliphatic carbocycles. The van der Waals surface area contributed by atoms with Crippen LogP contribution >= 0.6 is 7.37 Å². The van der Waals surface area contributed by atoms with E-state index < -0.39 is 37.2 Å². The third-order valence-electron chi connectivity index (χ3n) is 2.46. The number of carbonyl (C=O) groups excluding carboxylic acids is 3. The van der Waals surface area contributed by atoms with Crippen LogP contribution in [-0.4, -0.2) is 47.6 Å². The zero-order valence-electron chi connectivity index (χ0n) is 12.7. The first kappa shape index (κ1) is 22.9. The van der Waals surface area contributed by atoms with Crippen molar-refractivity contribution < 1.29 is 58.5 Å². The minimum absolute atomic E-state index is 0. The molecular formula is C11H20N2NaO6P. The van der Waals surface area contributed by atoms with Crippen molar-refractivity contribution in [2.75, 3.05) is 12.8 Å². The number of carboxylic acid groups (broad SMARTS) is 1. The van der Waals surface area contributed by atoms with Gasteiger partial charge in [-0.15, -0.1) is 0 Å². The van der Waals surface area contributed by atoms with Crippen LogP contribution in [0.3, 0.4) is 0 Å². The quantitative estimate of drug-likeness (QED) is 0.303. The summed E-state index contributed by atoms with van der Waals surface area (Å²) in [6, 6.07) is -2.05. The summed E-state index contributed by atoms with van der Waals surface area (Å²) in [5, 5.41) is 15.0. The summed E-state index contributed by atoms with van der Waals surface area (Å²) in [5.41, 5.74) is 0. The fourth-order valence-electron chi connectivity index (χ4n) is 1.31. The maximum absolute atomic E-state index is 11.5. The van der Waals surface area contributed by atoms with Crippen LogP contribution in [-0.2, 0) is 18.9 Å². The van der Waals surface area contributed by atoms with Crippen LogP contribution in [0.15, 0.2) is 0 Å². The Labute approximate surface area is 145 Å². The molecule has 3 atom stereocenters. The number of amides is 2. The summed E-state index contributed by atoms with van der Waals surface area (Å²) in [6.45, 7) is 3.87. The summed E-state index contributed by atoms with van der Waals surface area (Å²) < 4.78 is 11.0. The topological polar surface area (TPSA) is 136 Å². The van der Waals surface area contributed by atoms with Crippen molar-refractivity contribution in [1.29, 1.82) is 0 Å². The average molecular weight is 330 g/mol. The first-order valence-electron chi connectivity index (χ1n) is 6.13. The largest absolute Gasteiger partial charge is 1.00 e. The van der Waals surface area contributed by atoms with Crippen molar-refractivity contribution in [2.24, 2.45) is 0 Å². The number of nitrogens with one attached hydrogen (secondary N) is 2. The van der Waals surface area contributed by atoms with Gasteiger partial charge in [-0.2, -0.15) is 0 Å². The zero-order valence-corrected chi connectivity index (χ0v) is 15.6. The molecule has 0 fully saturated rings. The summed E-state index contributed by atoms with van der Waals surface area (Å²) in [5.74, 6) is -2.50. The van der Waals surface area contributed by atoms with Crippen molar-refractivity contribution in [1.82, 2.24) is 10.6 Å². The van der Waals surface area contributed by atoms with Gasteiger partial charge in [0.25, 0.3) is 0 Å². The van der Waals surface area contributed by atoms with Gasteiger partial charge in [0.2, 0.25) is 11.8 Å². The normalized spacial score (nSPS) is 15.8. The number of aliphatic carboxylic acids is 1. The van der Waals surface area contributed by atoms with Crippen LogP contribution in [0.4, 0.5) is 0 Å². The molecule has 116 valence electrons. The van der Waals surface area contributed by atoms with Crippen molar-refractivity contribution in [3.05, 3.63) is 0 Å². The van der Waals surface area contributed by atoms with Crippen LogP contribution in [0, 0.1) is 0 Å². The first-order valence-corrected chi connectivity index (χ1v) is 8.42. The molecule has 0 aromatic carbocycles. The number of hydrogen-bond donors (Lipinski definition) is 3. The summed E-state index contributed by atoms with van der Waals surface area (Å²) in [4.78, 5) is 42.5. The SMILES string of the molecule is C[C@H](NC(=O)[C@H](C)NC(=O)CCCP(C)(=O)O)C(=O)[O-].[Na+]. The molecule has 3 N–H and O–H groups in total. The minimum Gasteiger partial charge on any atom is -0.548 e. The van der Waals surface area contributed by atoms with Crippen LogP contribution in [0.1, 0.15) is 26.7 Å². The van der Waals surface area contributed by atoms with E-state index >= 15 is 0 Å². The van der Waals surface area contributed by atoms with Crippen molar-refractivity contribution in [3.8, 4) is 0 Å². The van der Waals surface area contributed by atoms with E-state index in [-0.39, 0.29) is 48.6 Å². The third kappa shape index (κ3) is 11.9. The van der Waals surface area contributed by atoms with E-state index in [0.29, 0.717) is 0 Å². The molecule has 0 saturated carbocycles. The molecule has 0 heterocycles.